The van der Waals surface area contributed by atoms with Gasteiger partial charge >= 0.3 is 0 Å². The smallest absolute Gasteiger partial charge is 0.217 e. The van der Waals surface area contributed by atoms with Gasteiger partial charge in [-0.2, -0.15) is 0 Å². The summed E-state index contributed by atoms with van der Waals surface area (Å²) < 4.78 is 4.96. The molecule has 1 fully saturated rings. The van der Waals surface area contributed by atoms with Crippen molar-refractivity contribution in [3.05, 3.63) is 0 Å². The average Bonchev–Trinajstić information content (AvgIpc) is 1.98. The number of hydrogen-bond donors (Lipinski definition) is 3. The van der Waals surface area contributed by atoms with E-state index >= 15 is 0 Å². The molecule has 4 atom stereocenters. The van der Waals surface area contributed by atoms with E-state index in [2.05, 4.69) is 5.32 Å². The SMILES string of the molecule is CC(=O)N[C@@H]1C[C@@H](O)O[C@H](C)[C@H]1O. The van der Waals surface area contributed by atoms with Crippen molar-refractivity contribution in [2.75, 3.05) is 0 Å². The van der Waals surface area contributed by atoms with Crippen molar-refractivity contribution in [3.63, 3.8) is 0 Å². The van der Waals surface area contributed by atoms with Gasteiger partial charge in [-0.05, 0) is 6.92 Å². The summed E-state index contributed by atoms with van der Waals surface area (Å²) in [5.74, 6) is -0.217. The van der Waals surface area contributed by atoms with E-state index < -0.39 is 24.5 Å². The lowest BCUT2D eigenvalue weighted by Gasteiger charge is -2.35. The number of carbonyl (C=O) groups excluding carboxylic acids is 1. The van der Waals surface area contributed by atoms with Gasteiger partial charge in [-0.25, -0.2) is 0 Å². The van der Waals surface area contributed by atoms with Gasteiger partial charge in [0, 0.05) is 13.3 Å². The lowest BCUT2D eigenvalue weighted by atomic mass is 10.00. The standard InChI is InChI=1S/C8H15NO4/c1-4-8(12)6(9-5(2)10)3-7(11)13-4/h4,6-8,11-12H,3H2,1-2H3,(H,9,10)/t4-,6-,7+,8-/m1/s1. The monoisotopic (exact) mass is 189 g/mol. The molecule has 0 bridgehead atoms. The van der Waals surface area contributed by atoms with E-state index in [4.69, 9.17) is 4.74 Å². The second kappa shape index (κ2) is 4.04. The molecule has 1 aliphatic rings. The molecule has 0 aliphatic carbocycles. The van der Waals surface area contributed by atoms with Crippen LogP contribution in [-0.4, -0.2) is 40.7 Å². The second-order valence-electron chi connectivity index (χ2n) is 3.33. The number of nitrogens with one attached hydrogen (secondary N) is 1. The first kappa shape index (κ1) is 10.4. The molecule has 13 heavy (non-hydrogen) atoms. The maximum Gasteiger partial charge on any atom is 0.217 e. The zero-order valence-electron chi connectivity index (χ0n) is 7.73. The minimum atomic E-state index is -0.907. The Bertz CT molecular complexity index is 197. The highest BCUT2D eigenvalue weighted by molar-refractivity contribution is 5.73. The molecule has 0 aromatic carbocycles. The van der Waals surface area contributed by atoms with Crippen molar-refractivity contribution in [1.29, 1.82) is 0 Å². The van der Waals surface area contributed by atoms with Crippen LogP contribution >= 0.6 is 0 Å². The third-order valence-corrected chi connectivity index (χ3v) is 2.11. The van der Waals surface area contributed by atoms with Gasteiger partial charge in [0.15, 0.2) is 6.29 Å². The quantitative estimate of drug-likeness (QED) is 0.493. The first-order valence-corrected chi connectivity index (χ1v) is 4.29. The summed E-state index contributed by atoms with van der Waals surface area (Å²) in [6.45, 7) is 3.03. The van der Waals surface area contributed by atoms with E-state index in [9.17, 15) is 15.0 Å². The number of carbonyl (C=O) groups is 1. The van der Waals surface area contributed by atoms with Gasteiger partial charge in [0.2, 0.25) is 5.91 Å². The minimum Gasteiger partial charge on any atom is -0.388 e. The van der Waals surface area contributed by atoms with Crippen LogP contribution in [0.2, 0.25) is 0 Å². The summed E-state index contributed by atoms with van der Waals surface area (Å²) in [7, 11) is 0. The highest BCUT2D eigenvalue weighted by Gasteiger charge is 2.34. The lowest BCUT2D eigenvalue weighted by molar-refractivity contribution is -0.202. The summed E-state index contributed by atoms with van der Waals surface area (Å²) in [5, 5.41) is 21.3. The van der Waals surface area contributed by atoms with Crippen LogP contribution in [-0.2, 0) is 9.53 Å². The molecule has 1 amide bonds. The van der Waals surface area contributed by atoms with Crippen LogP contribution in [0.5, 0.6) is 0 Å². The number of aliphatic hydroxyl groups excluding tert-OH is 2. The van der Waals surface area contributed by atoms with E-state index in [1.165, 1.54) is 6.92 Å². The Balaban J connectivity index is 2.55. The maximum atomic E-state index is 10.7. The molecule has 0 aromatic heterocycles. The van der Waals surface area contributed by atoms with Crippen LogP contribution in [0.1, 0.15) is 20.3 Å². The van der Waals surface area contributed by atoms with Crippen LogP contribution in [0.15, 0.2) is 0 Å². The summed E-state index contributed by atoms with van der Waals surface area (Å²) in [6.07, 6.45) is -1.89. The Labute approximate surface area is 76.7 Å². The molecule has 76 valence electrons. The zero-order chi connectivity index (χ0) is 10.0. The van der Waals surface area contributed by atoms with Crippen LogP contribution in [0.25, 0.3) is 0 Å². The number of ether oxygens (including phenoxy) is 1. The fourth-order valence-electron chi connectivity index (χ4n) is 1.47. The summed E-state index contributed by atoms with van der Waals surface area (Å²) >= 11 is 0. The average molecular weight is 189 g/mol. The van der Waals surface area contributed by atoms with Crippen LogP contribution in [0, 0.1) is 0 Å². The van der Waals surface area contributed by atoms with Crippen LogP contribution in [0.3, 0.4) is 0 Å². The number of amides is 1. The molecule has 0 saturated carbocycles. The van der Waals surface area contributed by atoms with Gasteiger partial charge in [-0.1, -0.05) is 0 Å². The highest BCUT2D eigenvalue weighted by atomic mass is 16.6. The molecule has 1 heterocycles. The molecule has 1 aliphatic heterocycles. The lowest BCUT2D eigenvalue weighted by Crippen LogP contribution is -2.54. The van der Waals surface area contributed by atoms with Crippen molar-refractivity contribution >= 4 is 5.91 Å². The first-order valence-electron chi connectivity index (χ1n) is 4.29. The topological polar surface area (TPSA) is 78.8 Å². The van der Waals surface area contributed by atoms with Gasteiger partial charge in [0.05, 0.1) is 12.1 Å². The van der Waals surface area contributed by atoms with Gasteiger partial charge in [0.1, 0.15) is 6.10 Å². The van der Waals surface area contributed by atoms with Crippen molar-refractivity contribution in [1.82, 2.24) is 5.32 Å². The van der Waals surface area contributed by atoms with Gasteiger partial charge in [-0.15, -0.1) is 0 Å². The predicted octanol–water partition coefficient (Wildman–Crippen LogP) is -1.02. The van der Waals surface area contributed by atoms with E-state index in [-0.39, 0.29) is 12.3 Å². The largest absolute Gasteiger partial charge is 0.388 e. The van der Waals surface area contributed by atoms with E-state index in [0.29, 0.717) is 0 Å². The summed E-state index contributed by atoms with van der Waals surface area (Å²) in [4.78, 5) is 10.7. The Morgan fingerprint density at radius 3 is 2.69 bits per heavy atom. The Hall–Kier alpha value is -0.650. The summed E-state index contributed by atoms with van der Waals surface area (Å²) in [6, 6.07) is -0.420. The fourth-order valence-corrected chi connectivity index (χ4v) is 1.47. The molecule has 0 radical (unpaired) electrons. The predicted molar refractivity (Wildman–Crippen MR) is 44.8 cm³/mol. The third kappa shape index (κ3) is 2.65. The van der Waals surface area contributed by atoms with Crippen molar-refractivity contribution in [2.24, 2.45) is 0 Å². The molecule has 5 heteroatoms. The second-order valence-corrected chi connectivity index (χ2v) is 3.33. The third-order valence-electron chi connectivity index (χ3n) is 2.11. The molecular weight excluding hydrogens is 174 g/mol. The minimum absolute atomic E-state index is 0.217. The molecule has 1 saturated heterocycles. The zero-order valence-corrected chi connectivity index (χ0v) is 7.73. The van der Waals surface area contributed by atoms with Crippen molar-refractivity contribution in [3.8, 4) is 0 Å². The highest BCUT2D eigenvalue weighted by Crippen LogP contribution is 2.18. The van der Waals surface area contributed by atoms with Crippen LogP contribution in [0.4, 0.5) is 0 Å². The summed E-state index contributed by atoms with van der Waals surface area (Å²) in [5.41, 5.74) is 0. The van der Waals surface area contributed by atoms with Gasteiger partial charge in [0.25, 0.3) is 0 Å². The first-order chi connectivity index (χ1) is 6.00. The molecular formula is C8H15NO4. The number of rotatable bonds is 1. The normalized spacial score (nSPS) is 40.0. The van der Waals surface area contributed by atoms with Gasteiger partial charge < -0.3 is 20.3 Å². The van der Waals surface area contributed by atoms with E-state index in [0.717, 1.165) is 0 Å². The fraction of sp³-hybridized carbons (Fsp3) is 0.875. The molecule has 3 N–H and O–H groups in total. The van der Waals surface area contributed by atoms with Crippen molar-refractivity contribution < 1.29 is 19.7 Å². The maximum absolute atomic E-state index is 10.7. The van der Waals surface area contributed by atoms with E-state index in [1.54, 1.807) is 6.92 Å². The van der Waals surface area contributed by atoms with E-state index in [1.807, 2.05) is 0 Å². The molecule has 0 unspecified atom stereocenters. The van der Waals surface area contributed by atoms with Gasteiger partial charge in [-0.3, -0.25) is 4.79 Å². The van der Waals surface area contributed by atoms with Crippen molar-refractivity contribution in [2.45, 2.75) is 44.8 Å². The number of hydrogen-bond acceptors (Lipinski definition) is 4. The molecule has 5 nitrogen and oxygen atoms in total. The number of aliphatic hydroxyl groups is 2. The Morgan fingerprint density at radius 1 is 1.54 bits per heavy atom. The Morgan fingerprint density at radius 2 is 2.15 bits per heavy atom. The molecule has 0 aromatic rings. The van der Waals surface area contributed by atoms with Crippen LogP contribution < -0.4 is 5.32 Å². The molecule has 0 spiro atoms. The molecule has 1 rings (SSSR count). The Kier molecular flexibility index (Phi) is 3.24.